The van der Waals surface area contributed by atoms with E-state index in [1.165, 1.54) is 0 Å². The van der Waals surface area contributed by atoms with Crippen LogP contribution in [0.1, 0.15) is 27.8 Å². The molecule has 0 fully saturated rings. The molecule has 0 amide bonds. The lowest BCUT2D eigenvalue weighted by Gasteiger charge is -2.16. The fourth-order valence-electron chi connectivity index (χ4n) is 2.48. The number of aryl methyl sites for hydroxylation is 2. The molecule has 0 aliphatic heterocycles. The van der Waals surface area contributed by atoms with Gasteiger partial charge in [-0.2, -0.15) is 0 Å². The summed E-state index contributed by atoms with van der Waals surface area (Å²) in [6.45, 7) is 7.65. The van der Waals surface area contributed by atoms with Crippen LogP contribution in [0.25, 0.3) is 0 Å². The zero-order chi connectivity index (χ0) is 17.4. The lowest BCUT2D eigenvalue weighted by Crippen LogP contribution is -2.25. The highest BCUT2D eigenvalue weighted by molar-refractivity contribution is 7.89. The van der Waals surface area contributed by atoms with Crippen LogP contribution in [0.2, 0.25) is 10.0 Å². The zero-order valence-corrected chi connectivity index (χ0v) is 15.8. The maximum absolute atomic E-state index is 12.7. The summed E-state index contributed by atoms with van der Waals surface area (Å²) < 4.78 is 28.1. The topological polar surface area (TPSA) is 46.2 Å². The summed E-state index contributed by atoms with van der Waals surface area (Å²) in [5.74, 6) is 0. The lowest BCUT2D eigenvalue weighted by atomic mass is 10.0. The molecule has 0 heterocycles. The van der Waals surface area contributed by atoms with Gasteiger partial charge in [-0.05, 0) is 67.6 Å². The van der Waals surface area contributed by atoms with Crippen molar-refractivity contribution >= 4 is 33.2 Å². The highest BCUT2D eigenvalue weighted by Crippen LogP contribution is 2.27. The summed E-state index contributed by atoms with van der Waals surface area (Å²) in [5, 5.41) is 0.849. The summed E-state index contributed by atoms with van der Waals surface area (Å²) in [4.78, 5) is 0.357. The Balaban J connectivity index is 2.35. The fourth-order valence-corrected chi connectivity index (χ4v) is 4.43. The Morgan fingerprint density at radius 3 is 2.00 bits per heavy atom. The molecule has 0 aliphatic rings. The molecule has 1 N–H and O–H groups in total. The van der Waals surface area contributed by atoms with Gasteiger partial charge < -0.3 is 0 Å². The van der Waals surface area contributed by atoms with Crippen LogP contribution in [0.3, 0.4) is 0 Å². The number of sulfonamides is 1. The zero-order valence-electron chi connectivity index (χ0n) is 13.5. The summed E-state index contributed by atoms with van der Waals surface area (Å²) >= 11 is 11.8. The number of nitrogens with one attached hydrogen (secondary N) is 1. The Labute approximate surface area is 147 Å². The molecule has 3 nitrogen and oxygen atoms in total. The van der Waals surface area contributed by atoms with Crippen molar-refractivity contribution in [3.05, 3.63) is 62.1 Å². The Bertz CT molecular complexity index is 835. The van der Waals surface area contributed by atoms with E-state index in [0.717, 1.165) is 27.8 Å². The van der Waals surface area contributed by atoms with E-state index in [1.807, 2.05) is 33.8 Å². The molecule has 0 unspecified atom stereocenters. The van der Waals surface area contributed by atoms with Crippen LogP contribution in [0.4, 0.5) is 0 Å². The van der Waals surface area contributed by atoms with Gasteiger partial charge in [0.1, 0.15) is 0 Å². The van der Waals surface area contributed by atoms with Gasteiger partial charge >= 0.3 is 0 Å². The van der Waals surface area contributed by atoms with Crippen molar-refractivity contribution in [2.45, 2.75) is 39.1 Å². The minimum Gasteiger partial charge on any atom is -0.207 e. The summed E-state index contributed by atoms with van der Waals surface area (Å²) in [6.07, 6.45) is 0. The summed E-state index contributed by atoms with van der Waals surface area (Å²) in [6, 6.07) is 7.06. The van der Waals surface area contributed by atoms with Crippen molar-refractivity contribution in [2.24, 2.45) is 0 Å². The predicted octanol–water partition coefficient (Wildman–Crippen LogP) is 4.71. The van der Waals surface area contributed by atoms with Crippen LogP contribution in [0, 0.1) is 27.7 Å². The fraction of sp³-hybridized carbons (Fsp3) is 0.294. The van der Waals surface area contributed by atoms with E-state index in [4.69, 9.17) is 23.2 Å². The highest BCUT2D eigenvalue weighted by Gasteiger charge is 2.21. The predicted molar refractivity (Wildman–Crippen MR) is 95.9 cm³/mol. The van der Waals surface area contributed by atoms with E-state index >= 15 is 0 Å². The summed E-state index contributed by atoms with van der Waals surface area (Å²) in [7, 11) is -3.61. The van der Waals surface area contributed by atoms with Gasteiger partial charge in [-0.3, -0.25) is 0 Å². The van der Waals surface area contributed by atoms with Crippen molar-refractivity contribution in [1.29, 1.82) is 0 Å². The molecule has 0 saturated carbocycles. The van der Waals surface area contributed by atoms with Gasteiger partial charge in [0.15, 0.2) is 0 Å². The van der Waals surface area contributed by atoms with Crippen molar-refractivity contribution < 1.29 is 8.42 Å². The van der Waals surface area contributed by atoms with Crippen molar-refractivity contribution in [2.75, 3.05) is 0 Å². The maximum Gasteiger partial charge on any atom is 0.241 e. The standard InChI is InChI=1S/C17H19Cl2NO2S/c1-10-7-11(2)13(4)17(12(10)3)23(21,22)20-9-14-5-6-15(18)16(19)8-14/h5-8,20H,9H2,1-4H3. The molecule has 124 valence electrons. The molecular formula is C17H19Cl2NO2S. The van der Waals surface area contributed by atoms with Crippen molar-refractivity contribution in [1.82, 2.24) is 4.72 Å². The molecule has 0 aliphatic carbocycles. The minimum absolute atomic E-state index is 0.158. The third kappa shape index (κ3) is 3.89. The van der Waals surface area contributed by atoms with Crippen LogP contribution in [0.5, 0.6) is 0 Å². The molecule has 23 heavy (non-hydrogen) atoms. The first-order valence-corrected chi connectivity index (χ1v) is 9.38. The quantitative estimate of drug-likeness (QED) is 0.845. The van der Waals surface area contributed by atoms with Gasteiger partial charge in [0, 0.05) is 6.54 Å². The highest BCUT2D eigenvalue weighted by atomic mass is 35.5. The Morgan fingerprint density at radius 2 is 1.48 bits per heavy atom. The van der Waals surface area contributed by atoms with Gasteiger partial charge in [0.25, 0.3) is 0 Å². The second-order valence-corrected chi connectivity index (χ2v) is 8.18. The maximum atomic E-state index is 12.7. The molecule has 2 aromatic carbocycles. The van der Waals surface area contributed by atoms with Crippen LogP contribution in [-0.4, -0.2) is 8.42 Å². The average Bonchev–Trinajstić information content (AvgIpc) is 2.46. The first kappa shape index (κ1) is 18.3. The summed E-state index contributed by atoms with van der Waals surface area (Å²) in [5.41, 5.74) is 4.22. The molecule has 6 heteroatoms. The van der Waals surface area contributed by atoms with Gasteiger partial charge in [-0.15, -0.1) is 0 Å². The molecule has 0 radical (unpaired) electrons. The van der Waals surface area contributed by atoms with E-state index in [9.17, 15) is 8.42 Å². The van der Waals surface area contributed by atoms with Crippen LogP contribution < -0.4 is 4.72 Å². The number of hydrogen-bond acceptors (Lipinski definition) is 2. The monoisotopic (exact) mass is 371 g/mol. The van der Waals surface area contributed by atoms with E-state index in [1.54, 1.807) is 18.2 Å². The molecule has 0 saturated heterocycles. The lowest BCUT2D eigenvalue weighted by molar-refractivity contribution is 0.579. The molecule has 0 bridgehead atoms. The molecule has 2 aromatic rings. The second-order valence-electron chi connectivity index (χ2n) is 5.66. The smallest absolute Gasteiger partial charge is 0.207 e. The van der Waals surface area contributed by atoms with Crippen LogP contribution >= 0.6 is 23.2 Å². The number of benzene rings is 2. The molecule has 2 rings (SSSR count). The molecule has 0 atom stereocenters. The Kier molecular flexibility index (Phi) is 5.41. The first-order chi connectivity index (χ1) is 10.6. The van der Waals surface area contributed by atoms with Crippen molar-refractivity contribution in [3.63, 3.8) is 0 Å². The Hall–Kier alpha value is -1.07. The Morgan fingerprint density at radius 1 is 0.913 bits per heavy atom. The van der Waals surface area contributed by atoms with E-state index in [2.05, 4.69) is 4.72 Å². The number of rotatable bonds is 4. The minimum atomic E-state index is -3.61. The van der Waals surface area contributed by atoms with E-state index < -0.39 is 10.0 Å². The van der Waals surface area contributed by atoms with Gasteiger partial charge in [-0.25, -0.2) is 13.1 Å². The number of hydrogen-bond donors (Lipinski definition) is 1. The molecular weight excluding hydrogens is 353 g/mol. The first-order valence-electron chi connectivity index (χ1n) is 7.14. The van der Waals surface area contributed by atoms with Crippen LogP contribution in [0.15, 0.2) is 29.2 Å². The van der Waals surface area contributed by atoms with Gasteiger partial charge in [0.2, 0.25) is 10.0 Å². The average molecular weight is 372 g/mol. The molecule has 0 spiro atoms. The largest absolute Gasteiger partial charge is 0.241 e. The normalized spacial score (nSPS) is 11.7. The van der Waals surface area contributed by atoms with Crippen molar-refractivity contribution in [3.8, 4) is 0 Å². The van der Waals surface area contributed by atoms with Gasteiger partial charge in [0.05, 0.1) is 14.9 Å². The third-order valence-electron chi connectivity index (χ3n) is 4.02. The van der Waals surface area contributed by atoms with Crippen LogP contribution in [-0.2, 0) is 16.6 Å². The second kappa shape index (κ2) is 6.81. The SMILES string of the molecule is Cc1cc(C)c(C)c(S(=O)(=O)NCc2ccc(Cl)c(Cl)c2)c1C. The molecule has 0 aromatic heterocycles. The number of halogens is 2. The van der Waals surface area contributed by atoms with E-state index in [-0.39, 0.29) is 6.54 Å². The van der Waals surface area contributed by atoms with E-state index in [0.29, 0.717) is 14.9 Å². The van der Waals surface area contributed by atoms with Gasteiger partial charge in [-0.1, -0.05) is 35.3 Å². The third-order valence-corrected chi connectivity index (χ3v) is 6.43.